The minimum absolute atomic E-state index is 0.187. The van der Waals surface area contributed by atoms with Crippen molar-refractivity contribution in [2.24, 2.45) is 5.92 Å². The molecule has 0 aromatic heterocycles. The van der Waals surface area contributed by atoms with E-state index in [4.69, 9.17) is 4.74 Å². The van der Waals surface area contributed by atoms with Crippen LogP contribution in [0, 0.1) is 5.92 Å². The van der Waals surface area contributed by atoms with E-state index >= 15 is 0 Å². The first kappa shape index (κ1) is 8.96. The summed E-state index contributed by atoms with van der Waals surface area (Å²) in [6.07, 6.45) is 0.862. The van der Waals surface area contributed by atoms with E-state index in [1.165, 1.54) is 7.05 Å². The Morgan fingerprint density at radius 3 is 2.82 bits per heavy atom. The van der Waals surface area contributed by atoms with Gasteiger partial charge in [-0.1, -0.05) is 0 Å². The Morgan fingerprint density at radius 2 is 2.36 bits per heavy atom. The lowest BCUT2D eigenvalue weighted by molar-refractivity contribution is 0.188. The third-order valence-corrected chi connectivity index (χ3v) is 3.32. The predicted octanol–water partition coefficient (Wildman–Crippen LogP) is -0.428. The normalized spacial score (nSPS) is 25.7. The summed E-state index contributed by atoms with van der Waals surface area (Å²) < 4.78 is 29.3. The van der Waals surface area contributed by atoms with Crippen molar-refractivity contribution in [1.29, 1.82) is 0 Å². The molecule has 1 unspecified atom stereocenters. The van der Waals surface area contributed by atoms with Gasteiger partial charge in [0.05, 0.1) is 12.4 Å². The van der Waals surface area contributed by atoms with Crippen LogP contribution in [0.2, 0.25) is 0 Å². The number of nitrogens with one attached hydrogen (secondary N) is 1. The van der Waals surface area contributed by atoms with Gasteiger partial charge in [0, 0.05) is 6.61 Å². The Balaban J connectivity index is 2.41. The van der Waals surface area contributed by atoms with Gasteiger partial charge in [0.25, 0.3) is 0 Å². The van der Waals surface area contributed by atoms with Gasteiger partial charge in [-0.05, 0) is 19.4 Å². The molecular formula is C6H13NO3S. The van der Waals surface area contributed by atoms with Gasteiger partial charge in [0.1, 0.15) is 0 Å². The highest BCUT2D eigenvalue weighted by Gasteiger charge is 2.21. The lowest BCUT2D eigenvalue weighted by Crippen LogP contribution is -2.26. The van der Waals surface area contributed by atoms with E-state index in [1.54, 1.807) is 0 Å². The summed E-state index contributed by atoms with van der Waals surface area (Å²) >= 11 is 0. The van der Waals surface area contributed by atoms with Crippen molar-refractivity contribution in [3.63, 3.8) is 0 Å². The molecular weight excluding hydrogens is 166 g/mol. The fourth-order valence-corrected chi connectivity index (χ4v) is 2.16. The second kappa shape index (κ2) is 3.51. The molecule has 1 heterocycles. The van der Waals surface area contributed by atoms with E-state index in [1.807, 2.05) is 0 Å². The maximum absolute atomic E-state index is 11.0. The fourth-order valence-electron chi connectivity index (χ4n) is 1.11. The van der Waals surface area contributed by atoms with Crippen molar-refractivity contribution in [3.8, 4) is 0 Å². The second-order valence-electron chi connectivity index (χ2n) is 2.72. The van der Waals surface area contributed by atoms with Crippen LogP contribution in [0.4, 0.5) is 0 Å². The van der Waals surface area contributed by atoms with Crippen LogP contribution in [0.15, 0.2) is 0 Å². The summed E-state index contributed by atoms with van der Waals surface area (Å²) in [6, 6.07) is 0. The molecule has 0 bridgehead atoms. The molecule has 0 saturated carbocycles. The molecule has 0 spiro atoms. The third-order valence-electron chi connectivity index (χ3n) is 1.79. The van der Waals surface area contributed by atoms with Gasteiger partial charge >= 0.3 is 0 Å². The van der Waals surface area contributed by atoms with Gasteiger partial charge in [0.2, 0.25) is 10.0 Å². The van der Waals surface area contributed by atoms with Crippen molar-refractivity contribution in [1.82, 2.24) is 4.72 Å². The number of sulfonamides is 1. The molecule has 1 aliphatic heterocycles. The first-order chi connectivity index (χ1) is 5.14. The molecule has 1 saturated heterocycles. The molecule has 1 N–H and O–H groups in total. The van der Waals surface area contributed by atoms with Crippen LogP contribution in [0.3, 0.4) is 0 Å². The topological polar surface area (TPSA) is 55.4 Å². The summed E-state index contributed by atoms with van der Waals surface area (Å²) in [4.78, 5) is 0. The van der Waals surface area contributed by atoms with Gasteiger partial charge in [-0.25, -0.2) is 13.1 Å². The van der Waals surface area contributed by atoms with Crippen molar-refractivity contribution in [2.75, 3.05) is 26.0 Å². The highest BCUT2D eigenvalue weighted by atomic mass is 32.2. The molecule has 1 fully saturated rings. The Bertz CT molecular complexity index is 206. The smallest absolute Gasteiger partial charge is 0.211 e. The monoisotopic (exact) mass is 179 g/mol. The second-order valence-corrected chi connectivity index (χ2v) is 4.69. The van der Waals surface area contributed by atoms with Crippen LogP contribution in [-0.4, -0.2) is 34.4 Å². The summed E-state index contributed by atoms with van der Waals surface area (Å²) in [7, 11) is -1.60. The van der Waals surface area contributed by atoms with Crippen LogP contribution >= 0.6 is 0 Å². The Kier molecular flexibility index (Phi) is 2.86. The van der Waals surface area contributed by atoms with E-state index in [2.05, 4.69) is 4.72 Å². The molecule has 0 aromatic rings. The molecule has 0 radical (unpaired) electrons. The van der Waals surface area contributed by atoms with Crippen molar-refractivity contribution in [3.05, 3.63) is 0 Å². The first-order valence-electron chi connectivity index (χ1n) is 3.63. The molecule has 0 aromatic carbocycles. The predicted molar refractivity (Wildman–Crippen MR) is 41.8 cm³/mol. The highest BCUT2D eigenvalue weighted by molar-refractivity contribution is 7.89. The summed E-state index contributed by atoms with van der Waals surface area (Å²) in [5.74, 6) is 0.385. The number of hydrogen-bond acceptors (Lipinski definition) is 3. The Hall–Kier alpha value is -0.130. The SMILES string of the molecule is CNS(=O)(=O)CC1CCOC1. The molecule has 0 amide bonds. The third kappa shape index (κ3) is 2.76. The van der Waals surface area contributed by atoms with E-state index in [0.717, 1.165) is 6.42 Å². The molecule has 1 atom stereocenters. The fraction of sp³-hybridized carbons (Fsp3) is 1.00. The molecule has 5 heteroatoms. The van der Waals surface area contributed by atoms with Gasteiger partial charge < -0.3 is 4.74 Å². The summed E-state index contributed by atoms with van der Waals surface area (Å²) in [6.45, 7) is 1.28. The van der Waals surface area contributed by atoms with E-state index in [0.29, 0.717) is 13.2 Å². The van der Waals surface area contributed by atoms with Gasteiger partial charge in [-0.2, -0.15) is 0 Å². The van der Waals surface area contributed by atoms with E-state index < -0.39 is 10.0 Å². The van der Waals surface area contributed by atoms with Crippen LogP contribution < -0.4 is 4.72 Å². The molecule has 11 heavy (non-hydrogen) atoms. The van der Waals surface area contributed by atoms with Crippen molar-refractivity contribution in [2.45, 2.75) is 6.42 Å². The van der Waals surface area contributed by atoms with E-state index in [9.17, 15) is 8.42 Å². The summed E-state index contributed by atoms with van der Waals surface area (Å²) in [5, 5.41) is 0. The molecule has 4 nitrogen and oxygen atoms in total. The quantitative estimate of drug-likeness (QED) is 0.639. The number of hydrogen-bond donors (Lipinski definition) is 1. The summed E-state index contributed by atoms with van der Waals surface area (Å²) in [5.41, 5.74) is 0. The van der Waals surface area contributed by atoms with Crippen LogP contribution in [0.1, 0.15) is 6.42 Å². The number of ether oxygens (including phenoxy) is 1. The average molecular weight is 179 g/mol. The maximum atomic E-state index is 11.0. The molecule has 1 aliphatic rings. The molecule has 0 aliphatic carbocycles. The standard InChI is InChI=1S/C6H13NO3S/c1-7-11(8,9)5-6-2-3-10-4-6/h6-7H,2-5H2,1H3. The zero-order valence-electron chi connectivity index (χ0n) is 6.54. The zero-order valence-corrected chi connectivity index (χ0v) is 7.36. The first-order valence-corrected chi connectivity index (χ1v) is 5.28. The van der Waals surface area contributed by atoms with Gasteiger partial charge in [-0.15, -0.1) is 0 Å². The number of rotatable bonds is 3. The van der Waals surface area contributed by atoms with Crippen LogP contribution in [0.5, 0.6) is 0 Å². The minimum atomic E-state index is -3.03. The molecule has 1 rings (SSSR count). The van der Waals surface area contributed by atoms with E-state index in [-0.39, 0.29) is 11.7 Å². The van der Waals surface area contributed by atoms with Gasteiger partial charge in [0.15, 0.2) is 0 Å². The molecule has 66 valence electrons. The van der Waals surface area contributed by atoms with Crippen LogP contribution in [-0.2, 0) is 14.8 Å². The maximum Gasteiger partial charge on any atom is 0.211 e. The average Bonchev–Trinajstić information content (AvgIpc) is 2.39. The van der Waals surface area contributed by atoms with Crippen molar-refractivity contribution >= 4 is 10.0 Å². The minimum Gasteiger partial charge on any atom is -0.381 e. The Labute approximate surface area is 67.0 Å². The largest absolute Gasteiger partial charge is 0.381 e. The van der Waals surface area contributed by atoms with Crippen LogP contribution in [0.25, 0.3) is 0 Å². The lowest BCUT2D eigenvalue weighted by Gasteiger charge is -2.06. The lowest BCUT2D eigenvalue weighted by atomic mass is 10.2. The zero-order chi connectivity index (χ0) is 8.32. The Morgan fingerprint density at radius 1 is 1.64 bits per heavy atom. The highest BCUT2D eigenvalue weighted by Crippen LogP contribution is 2.13. The van der Waals surface area contributed by atoms with Gasteiger partial charge in [-0.3, -0.25) is 0 Å². The van der Waals surface area contributed by atoms with Crippen molar-refractivity contribution < 1.29 is 13.2 Å².